The molecular formula is C14H20O2S2. The molecule has 0 bridgehead atoms. The Labute approximate surface area is 117 Å². The van der Waals surface area contributed by atoms with Crippen molar-refractivity contribution in [3.05, 3.63) is 29.3 Å². The van der Waals surface area contributed by atoms with E-state index in [0.29, 0.717) is 5.25 Å². The van der Waals surface area contributed by atoms with E-state index in [-0.39, 0.29) is 11.4 Å². The average molecular weight is 284 g/mol. The molecule has 1 aliphatic rings. The van der Waals surface area contributed by atoms with E-state index < -0.39 is 0 Å². The van der Waals surface area contributed by atoms with Crippen molar-refractivity contribution in [3.63, 3.8) is 0 Å². The van der Waals surface area contributed by atoms with Gasteiger partial charge in [-0.05, 0) is 30.2 Å². The van der Waals surface area contributed by atoms with Crippen LogP contribution in [-0.2, 0) is 0 Å². The molecule has 0 saturated carbocycles. The molecule has 1 heterocycles. The minimum absolute atomic E-state index is 0.288. The van der Waals surface area contributed by atoms with Crippen molar-refractivity contribution in [2.45, 2.75) is 30.5 Å². The Balaban J connectivity index is 2.19. The highest BCUT2D eigenvalue weighted by Crippen LogP contribution is 2.39. The smallest absolute Gasteiger partial charge is 0.119 e. The maximum absolute atomic E-state index is 10.6. The summed E-state index contributed by atoms with van der Waals surface area (Å²) in [7, 11) is 1.67. The molecule has 1 aromatic carbocycles. The Hall–Kier alpha value is -0.320. The molecule has 0 spiro atoms. The van der Waals surface area contributed by atoms with Crippen LogP contribution in [0.2, 0.25) is 0 Å². The number of hydrogen-bond donors (Lipinski definition) is 1. The first-order valence-corrected chi connectivity index (χ1v) is 8.29. The number of aliphatic hydroxyl groups is 1. The van der Waals surface area contributed by atoms with E-state index in [0.717, 1.165) is 22.6 Å². The van der Waals surface area contributed by atoms with Crippen LogP contribution in [0.4, 0.5) is 0 Å². The summed E-state index contributed by atoms with van der Waals surface area (Å²) < 4.78 is 5.21. The van der Waals surface area contributed by atoms with Gasteiger partial charge in [-0.3, -0.25) is 0 Å². The second-order valence-electron chi connectivity index (χ2n) is 4.58. The molecule has 0 radical (unpaired) electrons. The van der Waals surface area contributed by atoms with Crippen LogP contribution in [0.5, 0.6) is 5.75 Å². The van der Waals surface area contributed by atoms with Gasteiger partial charge in [0.05, 0.1) is 13.2 Å². The summed E-state index contributed by atoms with van der Waals surface area (Å²) in [6.07, 6.45) is -0.385. The highest BCUT2D eigenvalue weighted by Gasteiger charge is 2.30. The zero-order valence-electron chi connectivity index (χ0n) is 11.1. The zero-order chi connectivity index (χ0) is 13.1. The van der Waals surface area contributed by atoms with E-state index in [1.165, 1.54) is 5.75 Å². The van der Waals surface area contributed by atoms with Gasteiger partial charge in [0, 0.05) is 22.0 Å². The number of thioether (sulfide) groups is 2. The Kier molecular flexibility index (Phi) is 4.87. The first kappa shape index (κ1) is 14.1. The van der Waals surface area contributed by atoms with Gasteiger partial charge >= 0.3 is 0 Å². The van der Waals surface area contributed by atoms with Crippen LogP contribution in [0, 0.1) is 6.92 Å². The lowest BCUT2D eigenvalue weighted by Gasteiger charge is -2.32. The molecule has 2 rings (SSSR count). The standard InChI is InChI=1S/C14H20O2S2/c1-9-8-11(16-3)4-5-12(9)13(15)14-10(2)17-6-7-18-14/h4-5,8,10,13-15H,6-7H2,1-3H3. The van der Waals surface area contributed by atoms with Crippen molar-refractivity contribution >= 4 is 23.5 Å². The van der Waals surface area contributed by atoms with Crippen molar-refractivity contribution < 1.29 is 9.84 Å². The SMILES string of the molecule is COc1ccc(C(O)C2SCCSC2C)c(C)c1. The van der Waals surface area contributed by atoms with Gasteiger partial charge in [0.25, 0.3) is 0 Å². The molecule has 1 N–H and O–H groups in total. The van der Waals surface area contributed by atoms with Crippen LogP contribution in [0.15, 0.2) is 18.2 Å². The topological polar surface area (TPSA) is 29.5 Å². The molecule has 18 heavy (non-hydrogen) atoms. The number of rotatable bonds is 3. The number of methoxy groups -OCH3 is 1. The van der Waals surface area contributed by atoms with Crippen molar-refractivity contribution in [2.75, 3.05) is 18.6 Å². The number of ether oxygens (including phenoxy) is 1. The zero-order valence-corrected chi connectivity index (χ0v) is 12.7. The Morgan fingerprint density at radius 2 is 2.06 bits per heavy atom. The van der Waals surface area contributed by atoms with E-state index in [9.17, 15) is 5.11 Å². The lowest BCUT2D eigenvalue weighted by atomic mass is 9.99. The summed E-state index contributed by atoms with van der Waals surface area (Å²) in [5, 5.41) is 11.4. The van der Waals surface area contributed by atoms with Gasteiger partial charge in [0.2, 0.25) is 0 Å². The van der Waals surface area contributed by atoms with Gasteiger partial charge in [-0.1, -0.05) is 13.0 Å². The molecule has 1 fully saturated rings. The molecule has 3 unspecified atom stereocenters. The van der Waals surface area contributed by atoms with E-state index in [1.807, 2.05) is 48.6 Å². The third-order valence-electron chi connectivity index (χ3n) is 3.34. The molecule has 1 aliphatic heterocycles. The molecule has 0 amide bonds. The molecule has 4 heteroatoms. The normalized spacial score (nSPS) is 25.8. The number of aliphatic hydroxyl groups excluding tert-OH is 1. The number of benzene rings is 1. The van der Waals surface area contributed by atoms with Gasteiger partial charge in [-0.2, -0.15) is 23.5 Å². The Morgan fingerprint density at radius 1 is 1.33 bits per heavy atom. The van der Waals surface area contributed by atoms with E-state index in [4.69, 9.17) is 4.74 Å². The molecule has 2 nitrogen and oxygen atoms in total. The maximum Gasteiger partial charge on any atom is 0.119 e. The van der Waals surface area contributed by atoms with Crippen LogP contribution in [0.1, 0.15) is 24.2 Å². The summed E-state index contributed by atoms with van der Waals surface area (Å²) in [6, 6.07) is 5.91. The monoisotopic (exact) mass is 284 g/mol. The van der Waals surface area contributed by atoms with Crippen LogP contribution < -0.4 is 4.74 Å². The fourth-order valence-corrected chi connectivity index (χ4v) is 5.10. The lowest BCUT2D eigenvalue weighted by molar-refractivity contribution is 0.173. The van der Waals surface area contributed by atoms with Crippen molar-refractivity contribution in [1.29, 1.82) is 0 Å². The van der Waals surface area contributed by atoms with E-state index in [1.54, 1.807) is 7.11 Å². The highest BCUT2D eigenvalue weighted by atomic mass is 32.2. The van der Waals surface area contributed by atoms with Crippen molar-refractivity contribution in [2.24, 2.45) is 0 Å². The third-order valence-corrected chi connectivity index (χ3v) is 6.52. The average Bonchev–Trinajstić information content (AvgIpc) is 2.38. The number of hydrogen-bond acceptors (Lipinski definition) is 4. The first-order valence-electron chi connectivity index (χ1n) is 6.19. The van der Waals surface area contributed by atoms with Gasteiger partial charge in [-0.25, -0.2) is 0 Å². The summed E-state index contributed by atoms with van der Waals surface area (Å²) in [5.41, 5.74) is 2.13. The Morgan fingerprint density at radius 3 is 2.67 bits per heavy atom. The molecule has 0 aliphatic carbocycles. The first-order chi connectivity index (χ1) is 8.63. The van der Waals surface area contributed by atoms with Crippen LogP contribution in [0.25, 0.3) is 0 Å². The third kappa shape index (κ3) is 2.98. The van der Waals surface area contributed by atoms with Crippen LogP contribution in [-0.4, -0.2) is 34.2 Å². The lowest BCUT2D eigenvalue weighted by Crippen LogP contribution is -2.29. The number of aryl methyl sites for hydroxylation is 1. The Bertz CT molecular complexity index is 409. The van der Waals surface area contributed by atoms with Crippen LogP contribution in [0.3, 0.4) is 0 Å². The quantitative estimate of drug-likeness (QED) is 0.922. The van der Waals surface area contributed by atoms with Crippen molar-refractivity contribution in [3.8, 4) is 5.75 Å². The van der Waals surface area contributed by atoms with Gasteiger partial charge in [0.15, 0.2) is 0 Å². The fourth-order valence-electron chi connectivity index (χ4n) is 2.28. The highest BCUT2D eigenvalue weighted by molar-refractivity contribution is 8.07. The second kappa shape index (κ2) is 6.22. The van der Waals surface area contributed by atoms with Gasteiger partial charge in [0.1, 0.15) is 5.75 Å². The minimum Gasteiger partial charge on any atom is -0.497 e. The summed E-state index contributed by atoms with van der Waals surface area (Å²) in [4.78, 5) is 0. The van der Waals surface area contributed by atoms with Crippen LogP contribution >= 0.6 is 23.5 Å². The maximum atomic E-state index is 10.6. The molecule has 100 valence electrons. The molecular weight excluding hydrogens is 264 g/mol. The van der Waals surface area contributed by atoms with E-state index >= 15 is 0 Å². The summed E-state index contributed by atoms with van der Waals surface area (Å²) in [6.45, 7) is 4.25. The van der Waals surface area contributed by atoms with Gasteiger partial charge in [-0.15, -0.1) is 0 Å². The largest absolute Gasteiger partial charge is 0.497 e. The predicted molar refractivity (Wildman–Crippen MR) is 80.9 cm³/mol. The summed E-state index contributed by atoms with van der Waals surface area (Å²) in [5.74, 6) is 3.17. The molecule has 0 aromatic heterocycles. The second-order valence-corrected chi connectivity index (χ2v) is 7.35. The van der Waals surface area contributed by atoms with E-state index in [2.05, 4.69) is 6.92 Å². The molecule has 1 aromatic rings. The summed E-state index contributed by atoms with van der Waals surface area (Å²) >= 11 is 3.85. The fraction of sp³-hybridized carbons (Fsp3) is 0.571. The minimum atomic E-state index is -0.385. The predicted octanol–water partition coefficient (Wildman–Crippen LogP) is 3.27. The molecule has 3 atom stereocenters. The van der Waals surface area contributed by atoms with Gasteiger partial charge < -0.3 is 9.84 Å². The van der Waals surface area contributed by atoms with Crippen molar-refractivity contribution in [1.82, 2.24) is 0 Å². The molecule has 1 saturated heterocycles.